The van der Waals surface area contributed by atoms with Crippen molar-refractivity contribution in [2.45, 2.75) is 56.3 Å². The number of halogens is 2. The van der Waals surface area contributed by atoms with Gasteiger partial charge in [0.1, 0.15) is 6.10 Å². The summed E-state index contributed by atoms with van der Waals surface area (Å²) in [6, 6.07) is 9.60. The van der Waals surface area contributed by atoms with Gasteiger partial charge in [0.05, 0.1) is 6.61 Å². The summed E-state index contributed by atoms with van der Waals surface area (Å²) in [7, 11) is -2.15. The number of carbonyl (C=O) groups excluding carboxylic acids is 1. The van der Waals surface area contributed by atoms with Gasteiger partial charge in [0.2, 0.25) is 0 Å². The van der Waals surface area contributed by atoms with Gasteiger partial charge in [-0.05, 0) is 36.7 Å². The molecule has 1 rings (SSSR count). The molecule has 0 aliphatic rings. The summed E-state index contributed by atoms with van der Waals surface area (Å²) < 4.78 is 10.0. The molecular weight excluding hydrogens is 375 g/mol. The highest BCUT2D eigenvalue weighted by molar-refractivity contribution is 6.74. The monoisotopic (exact) mass is 402 g/mol. The minimum Gasteiger partial charge on any atom is -0.463 e. The fourth-order valence-corrected chi connectivity index (χ4v) is 3.81. The van der Waals surface area contributed by atoms with Crippen molar-refractivity contribution in [3.05, 3.63) is 48.0 Å². The average Bonchev–Trinajstić information content (AvgIpc) is 2.51. The van der Waals surface area contributed by atoms with E-state index < -0.39 is 24.7 Å². The third kappa shape index (κ3) is 6.44. The molecule has 0 N–H and O–H groups in total. The summed E-state index contributed by atoms with van der Waals surface area (Å²) in [6.07, 6.45) is 2.11. The van der Waals surface area contributed by atoms with Crippen LogP contribution in [0.4, 0.5) is 0 Å². The van der Waals surface area contributed by atoms with Crippen LogP contribution in [-0.2, 0) is 14.0 Å². The molecule has 0 amide bonds. The van der Waals surface area contributed by atoms with Crippen molar-refractivity contribution < 1.29 is 14.0 Å². The van der Waals surface area contributed by atoms with Crippen LogP contribution in [-0.4, -0.2) is 25.2 Å². The van der Waals surface area contributed by atoms with Crippen LogP contribution in [0.1, 0.15) is 39.4 Å². The molecule has 0 saturated carbocycles. The maximum Gasteiger partial charge on any atom is 0.330 e. The van der Waals surface area contributed by atoms with Crippen LogP contribution in [0.25, 0.3) is 0 Å². The number of ether oxygens (including phenoxy) is 1. The number of hydrogen-bond donors (Lipinski definition) is 0. The van der Waals surface area contributed by atoms with Crippen LogP contribution in [0, 0.1) is 0 Å². The number of rotatable bonds is 7. The summed E-state index contributed by atoms with van der Waals surface area (Å²) in [6.45, 7) is 12.8. The van der Waals surface area contributed by atoms with E-state index in [0.29, 0.717) is 6.61 Å². The van der Waals surface area contributed by atoms with E-state index in [-0.39, 0.29) is 5.04 Å². The molecule has 0 saturated heterocycles. The molecule has 1 aromatic rings. The zero-order chi connectivity index (χ0) is 19.3. The molecular formula is C19H28Cl2O3Si. The van der Waals surface area contributed by atoms with Crippen LogP contribution in [0.3, 0.4) is 0 Å². The molecule has 0 aromatic heterocycles. The van der Waals surface area contributed by atoms with Crippen molar-refractivity contribution in [1.29, 1.82) is 0 Å². The molecule has 1 atom stereocenters. The minimum absolute atomic E-state index is 0.00521. The predicted octanol–water partition coefficient (Wildman–Crippen LogP) is 6.04. The van der Waals surface area contributed by atoms with Crippen molar-refractivity contribution in [3.8, 4) is 0 Å². The summed E-state index contributed by atoms with van der Waals surface area (Å²) >= 11 is 13.2. The SMILES string of the molecule is CCOC(=O)/C=C/C(Cl)(Cl)C(O[Si](C)(C)C(C)(C)C)c1ccccc1. The summed E-state index contributed by atoms with van der Waals surface area (Å²) in [5, 5.41) is -0.00521. The first-order valence-corrected chi connectivity index (χ1v) is 12.0. The number of benzene rings is 1. The van der Waals surface area contributed by atoms with Gasteiger partial charge in [0, 0.05) is 6.08 Å². The lowest BCUT2D eigenvalue weighted by Crippen LogP contribution is -2.44. The third-order valence-corrected chi connectivity index (χ3v) is 9.48. The Kier molecular flexibility index (Phi) is 7.75. The molecule has 0 aliphatic heterocycles. The van der Waals surface area contributed by atoms with Crippen molar-refractivity contribution in [3.63, 3.8) is 0 Å². The zero-order valence-corrected chi connectivity index (χ0v) is 18.3. The first-order chi connectivity index (χ1) is 11.4. The Morgan fingerprint density at radius 1 is 1.20 bits per heavy atom. The largest absolute Gasteiger partial charge is 0.463 e. The Morgan fingerprint density at radius 2 is 1.76 bits per heavy atom. The highest BCUT2D eigenvalue weighted by Gasteiger charge is 2.44. The predicted molar refractivity (Wildman–Crippen MR) is 108 cm³/mol. The van der Waals surface area contributed by atoms with Gasteiger partial charge in [0.25, 0.3) is 0 Å². The van der Waals surface area contributed by atoms with Gasteiger partial charge < -0.3 is 9.16 Å². The van der Waals surface area contributed by atoms with Gasteiger partial charge in [0.15, 0.2) is 12.7 Å². The quantitative estimate of drug-likeness (QED) is 0.241. The van der Waals surface area contributed by atoms with Crippen LogP contribution in [0.15, 0.2) is 42.5 Å². The Bertz CT molecular complexity index is 592. The van der Waals surface area contributed by atoms with Gasteiger partial charge in [-0.25, -0.2) is 4.79 Å². The molecule has 6 heteroatoms. The maximum atomic E-state index is 11.6. The maximum absolute atomic E-state index is 11.6. The molecule has 0 bridgehead atoms. The fraction of sp³-hybridized carbons (Fsp3) is 0.526. The zero-order valence-electron chi connectivity index (χ0n) is 15.8. The van der Waals surface area contributed by atoms with Crippen molar-refractivity contribution >= 4 is 37.5 Å². The topological polar surface area (TPSA) is 35.5 Å². The number of alkyl halides is 2. The lowest BCUT2D eigenvalue weighted by Gasteiger charge is -2.42. The van der Waals surface area contributed by atoms with E-state index in [2.05, 4.69) is 33.9 Å². The molecule has 0 aliphatic carbocycles. The second-order valence-corrected chi connectivity index (χ2v) is 13.6. The molecule has 3 nitrogen and oxygen atoms in total. The van der Waals surface area contributed by atoms with E-state index in [4.69, 9.17) is 32.4 Å². The Labute approximate surface area is 162 Å². The third-order valence-electron chi connectivity index (χ3n) is 4.40. The van der Waals surface area contributed by atoms with E-state index in [1.54, 1.807) is 6.92 Å². The number of esters is 1. The highest BCUT2D eigenvalue weighted by Crippen LogP contribution is 2.46. The lowest BCUT2D eigenvalue weighted by molar-refractivity contribution is -0.137. The lowest BCUT2D eigenvalue weighted by atomic mass is 10.1. The van der Waals surface area contributed by atoms with Crippen molar-refractivity contribution in [2.75, 3.05) is 6.61 Å². The van der Waals surface area contributed by atoms with Gasteiger partial charge in [-0.1, -0.05) is 74.3 Å². The van der Waals surface area contributed by atoms with Crippen molar-refractivity contribution in [1.82, 2.24) is 0 Å². The normalized spacial score (nSPS) is 14.6. The van der Waals surface area contributed by atoms with E-state index in [9.17, 15) is 4.79 Å². The van der Waals surface area contributed by atoms with Gasteiger partial charge in [-0.2, -0.15) is 0 Å². The molecule has 1 unspecified atom stereocenters. The molecule has 0 radical (unpaired) electrons. The van der Waals surface area contributed by atoms with E-state index in [0.717, 1.165) is 5.56 Å². The van der Waals surface area contributed by atoms with Gasteiger partial charge >= 0.3 is 5.97 Å². The van der Waals surface area contributed by atoms with Gasteiger partial charge in [-0.3, -0.25) is 0 Å². The molecule has 1 aromatic carbocycles. The smallest absolute Gasteiger partial charge is 0.330 e. The Balaban J connectivity index is 3.21. The standard InChI is InChI=1S/C19H28Cl2O3Si/c1-7-23-16(22)13-14-19(20,21)17(15-11-9-8-10-12-15)24-25(5,6)18(2,3)4/h8-14,17H,7H2,1-6H3/b14-13+. The van der Waals surface area contributed by atoms with Crippen molar-refractivity contribution in [2.24, 2.45) is 0 Å². The summed E-state index contributed by atoms with van der Waals surface area (Å²) in [5.74, 6) is -0.479. The first kappa shape index (κ1) is 22.2. The van der Waals surface area contributed by atoms with Crippen LogP contribution >= 0.6 is 23.2 Å². The molecule has 0 heterocycles. The Morgan fingerprint density at radius 3 is 2.24 bits per heavy atom. The van der Waals surface area contributed by atoms with Gasteiger partial charge in [-0.15, -0.1) is 0 Å². The van der Waals surface area contributed by atoms with Crippen LogP contribution in [0.2, 0.25) is 18.1 Å². The van der Waals surface area contributed by atoms with E-state index in [1.165, 1.54) is 12.2 Å². The average molecular weight is 403 g/mol. The number of carbonyl (C=O) groups is 1. The fourth-order valence-electron chi connectivity index (χ4n) is 1.92. The molecule has 25 heavy (non-hydrogen) atoms. The Hall–Kier alpha value is -0.813. The number of hydrogen-bond acceptors (Lipinski definition) is 3. The summed E-state index contributed by atoms with van der Waals surface area (Å²) in [4.78, 5) is 11.6. The summed E-state index contributed by atoms with van der Waals surface area (Å²) in [5.41, 5.74) is 0.867. The molecule has 140 valence electrons. The van der Waals surface area contributed by atoms with Crippen LogP contribution < -0.4 is 0 Å². The highest BCUT2D eigenvalue weighted by atomic mass is 35.5. The minimum atomic E-state index is -2.15. The molecule has 0 spiro atoms. The molecule has 0 fully saturated rings. The van der Waals surface area contributed by atoms with E-state index >= 15 is 0 Å². The van der Waals surface area contributed by atoms with Crippen LogP contribution in [0.5, 0.6) is 0 Å². The second kappa shape index (κ2) is 8.72. The first-order valence-electron chi connectivity index (χ1n) is 8.37. The van der Waals surface area contributed by atoms with E-state index in [1.807, 2.05) is 30.3 Å². The second-order valence-electron chi connectivity index (χ2n) is 7.43.